The molecule has 5 heteroatoms. The lowest BCUT2D eigenvalue weighted by Gasteiger charge is -2.17. The molecular formula is C17H19NO4. The van der Waals surface area contributed by atoms with E-state index in [1.807, 2.05) is 30.3 Å². The molecule has 1 saturated carbocycles. The summed E-state index contributed by atoms with van der Waals surface area (Å²) in [4.78, 5) is 27.8. The van der Waals surface area contributed by atoms with Crippen LogP contribution in [-0.2, 0) is 14.3 Å². The lowest BCUT2D eigenvalue weighted by atomic mass is 9.89. The van der Waals surface area contributed by atoms with Crippen molar-refractivity contribution in [3.8, 4) is 0 Å². The van der Waals surface area contributed by atoms with Crippen molar-refractivity contribution >= 4 is 23.2 Å². The van der Waals surface area contributed by atoms with Crippen LogP contribution < -0.4 is 0 Å². The van der Waals surface area contributed by atoms with Crippen LogP contribution in [0.15, 0.2) is 46.7 Å². The van der Waals surface area contributed by atoms with Gasteiger partial charge in [-0.1, -0.05) is 18.2 Å². The monoisotopic (exact) mass is 301 g/mol. The highest BCUT2D eigenvalue weighted by atomic mass is 16.5. The number of nitrogens with zero attached hydrogens (tertiary/aromatic N) is 1. The van der Waals surface area contributed by atoms with Crippen molar-refractivity contribution in [2.75, 3.05) is 7.11 Å². The number of rotatable bonds is 4. The molecule has 0 heterocycles. The summed E-state index contributed by atoms with van der Waals surface area (Å²) in [5.74, 6) is -0.620. The number of para-hydroxylation sites is 1. The standard InChI is InChI=1S/C17H19NO4/c1-22-16(21)11-10-15(20)17-13(8-5-9-14(17)19)18-12-6-3-2-4-7-12/h2-4,6-7,20H,5,8-11H2,1H3. The third kappa shape index (κ3) is 4.04. The highest BCUT2D eigenvalue weighted by molar-refractivity contribution is 6.24. The maximum absolute atomic E-state index is 12.1. The second-order valence-corrected chi connectivity index (χ2v) is 5.07. The molecule has 22 heavy (non-hydrogen) atoms. The minimum atomic E-state index is -0.419. The average molecular weight is 301 g/mol. The molecule has 0 aromatic heterocycles. The quantitative estimate of drug-likeness (QED) is 0.526. The van der Waals surface area contributed by atoms with Crippen molar-refractivity contribution in [3.63, 3.8) is 0 Å². The van der Waals surface area contributed by atoms with Crippen LogP contribution in [0.5, 0.6) is 0 Å². The lowest BCUT2D eigenvalue weighted by Crippen LogP contribution is -2.21. The molecule has 1 fully saturated rings. The third-order valence-corrected chi connectivity index (χ3v) is 3.49. The van der Waals surface area contributed by atoms with Crippen molar-refractivity contribution < 1.29 is 19.4 Å². The molecule has 0 aliphatic heterocycles. The van der Waals surface area contributed by atoms with E-state index < -0.39 is 5.97 Å². The van der Waals surface area contributed by atoms with Crippen molar-refractivity contribution in [2.24, 2.45) is 4.99 Å². The number of methoxy groups -OCH3 is 1. The van der Waals surface area contributed by atoms with Crippen LogP contribution in [0, 0.1) is 0 Å². The first-order chi connectivity index (χ1) is 10.6. The molecule has 0 spiro atoms. The highest BCUT2D eigenvalue weighted by Crippen LogP contribution is 2.25. The largest absolute Gasteiger partial charge is 0.511 e. The molecule has 0 bridgehead atoms. The van der Waals surface area contributed by atoms with Crippen LogP contribution >= 0.6 is 0 Å². The number of benzene rings is 1. The molecule has 116 valence electrons. The van der Waals surface area contributed by atoms with E-state index in [2.05, 4.69) is 9.73 Å². The third-order valence-electron chi connectivity index (χ3n) is 3.49. The number of allylic oxidation sites excluding steroid dienone is 2. The number of aliphatic imine (C=N–C) groups is 1. The normalized spacial score (nSPS) is 19.1. The fourth-order valence-electron chi connectivity index (χ4n) is 2.37. The fraction of sp³-hybridized carbons (Fsp3) is 0.353. The van der Waals surface area contributed by atoms with Gasteiger partial charge in [0, 0.05) is 12.8 Å². The Morgan fingerprint density at radius 3 is 2.64 bits per heavy atom. The van der Waals surface area contributed by atoms with Crippen molar-refractivity contribution in [1.82, 2.24) is 0 Å². The molecule has 0 unspecified atom stereocenters. The first-order valence-corrected chi connectivity index (χ1v) is 7.27. The summed E-state index contributed by atoms with van der Waals surface area (Å²) in [6.07, 6.45) is 1.88. The summed E-state index contributed by atoms with van der Waals surface area (Å²) in [6.45, 7) is 0. The highest BCUT2D eigenvalue weighted by Gasteiger charge is 2.25. The topological polar surface area (TPSA) is 76.0 Å². The fourth-order valence-corrected chi connectivity index (χ4v) is 2.37. The molecule has 1 aromatic carbocycles. The Morgan fingerprint density at radius 1 is 1.23 bits per heavy atom. The van der Waals surface area contributed by atoms with Crippen LogP contribution in [0.25, 0.3) is 0 Å². The van der Waals surface area contributed by atoms with Gasteiger partial charge in [0.25, 0.3) is 0 Å². The van der Waals surface area contributed by atoms with Gasteiger partial charge in [-0.3, -0.25) is 14.6 Å². The number of carbonyl (C=O) groups is 2. The first kappa shape index (κ1) is 15.9. The first-order valence-electron chi connectivity index (χ1n) is 7.27. The van der Waals surface area contributed by atoms with E-state index in [1.165, 1.54) is 7.11 Å². The molecule has 1 aromatic rings. The van der Waals surface area contributed by atoms with Gasteiger partial charge in [0.2, 0.25) is 0 Å². The van der Waals surface area contributed by atoms with Gasteiger partial charge in [-0.25, -0.2) is 0 Å². The lowest BCUT2D eigenvalue weighted by molar-refractivity contribution is -0.140. The van der Waals surface area contributed by atoms with Crippen molar-refractivity contribution in [3.05, 3.63) is 41.7 Å². The Hall–Kier alpha value is -2.43. The molecule has 0 radical (unpaired) electrons. The van der Waals surface area contributed by atoms with Crippen molar-refractivity contribution in [2.45, 2.75) is 32.1 Å². The Balaban J connectivity index is 2.28. The van der Waals surface area contributed by atoms with E-state index in [4.69, 9.17) is 0 Å². The van der Waals surface area contributed by atoms with E-state index >= 15 is 0 Å². The van der Waals surface area contributed by atoms with Crippen LogP contribution in [0.1, 0.15) is 32.1 Å². The molecule has 1 aliphatic rings. The van der Waals surface area contributed by atoms with Gasteiger partial charge in [0.1, 0.15) is 5.76 Å². The summed E-state index contributed by atoms with van der Waals surface area (Å²) >= 11 is 0. The van der Waals surface area contributed by atoms with Gasteiger partial charge in [0.15, 0.2) is 5.78 Å². The molecule has 2 rings (SSSR count). The number of carbonyl (C=O) groups excluding carboxylic acids is 2. The van der Waals surface area contributed by atoms with Gasteiger partial charge in [-0.2, -0.15) is 0 Å². The smallest absolute Gasteiger partial charge is 0.305 e. The van der Waals surface area contributed by atoms with Gasteiger partial charge in [0.05, 0.1) is 30.5 Å². The minimum Gasteiger partial charge on any atom is -0.511 e. The number of ether oxygens (including phenoxy) is 1. The molecule has 5 nitrogen and oxygen atoms in total. The summed E-state index contributed by atoms with van der Waals surface area (Å²) in [6, 6.07) is 9.31. The van der Waals surface area contributed by atoms with E-state index in [-0.39, 0.29) is 30.0 Å². The van der Waals surface area contributed by atoms with E-state index in [0.717, 1.165) is 12.1 Å². The van der Waals surface area contributed by atoms with E-state index in [0.29, 0.717) is 18.6 Å². The van der Waals surface area contributed by atoms with Crippen LogP contribution in [0.3, 0.4) is 0 Å². The number of hydrogen-bond donors (Lipinski definition) is 1. The molecule has 1 N–H and O–H groups in total. The number of aliphatic hydroxyl groups excluding tert-OH is 1. The molecule has 0 atom stereocenters. The van der Waals surface area contributed by atoms with Gasteiger partial charge in [-0.05, 0) is 25.0 Å². The molecular weight excluding hydrogens is 282 g/mol. The summed E-state index contributed by atoms with van der Waals surface area (Å²) in [5, 5.41) is 10.2. The van der Waals surface area contributed by atoms with E-state index in [1.54, 1.807) is 0 Å². The minimum absolute atomic E-state index is 0.0394. The molecule has 1 aliphatic carbocycles. The number of hydrogen-bond acceptors (Lipinski definition) is 5. The maximum atomic E-state index is 12.1. The van der Waals surface area contributed by atoms with Gasteiger partial charge >= 0.3 is 5.97 Å². The predicted octanol–water partition coefficient (Wildman–Crippen LogP) is 3.28. The van der Waals surface area contributed by atoms with Gasteiger partial charge in [-0.15, -0.1) is 0 Å². The molecule has 0 saturated heterocycles. The SMILES string of the molecule is COC(=O)CCC(O)=C1C(=O)CCCC1=Nc1ccccc1. The van der Waals surface area contributed by atoms with Crippen LogP contribution in [0.2, 0.25) is 0 Å². The Kier molecular flexibility index (Phi) is 5.47. The second kappa shape index (κ2) is 7.54. The Bertz CT molecular complexity index is 617. The van der Waals surface area contributed by atoms with Crippen LogP contribution in [0.4, 0.5) is 5.69 Å². The van der Waals surface area contributed by atoms with Crippen molar-refractivity contribution in [1.29, 1.82) is 0 Å². The number of Topliss-reactive ketones (excluding diaryl/α,β-unsaturated/α-hetero) is 1. The summed E-state index contributed by atoms with van der Waals surface area (Å²) in [5.41, 5.74) is 1.59. The average Bonchev–Trinajstić information content (AvgIpc) is 2.53. The van der Waals surface area contributed by atoms with E-state index in [9.17, 15) is 14.7 Å². The number of ketones is 1. The zero-order valence-electron chi connectivity index (χ0n) is 12.5. The summed E-state index contributed by atoms with van der Waals surface area (Å²) in [7, 11) is 1.29. The Labute approximate surface area is 129 Å². The number of esters is 1. The maximum Gasteiger partial charge on any atom is 0.305 e. The zero-order valence-corrected chi connectivity index (χ0v) is 12.5. The predicted molar refractivity (Wildman–Crippen MR) is 83.3 cm³/mol. The van der Waals surface area contributed by atoms with Crippen LogP contribution in [-0.4, -0.2) is 29.7 Å². The molecule has 0 amide bonds. The summed E-state index contributed by atoms with van der Waals surface area (Å²) < 4.78 is 4.55. The second-order valence-electron chi connectivity index (χ2n) is 5.07. The Morgan fingerprint density at radius 2 is 1.95 bits per heavy atom. The zero-order chi connectivity index (χ0) is 15.9. The number of aliphatic hydroxyl groups is 1. The van der Waals surface area contributed by atoms with Gasteiger partial charge < -0.3 is 9.84 Å².